The summed E-state index contributed by atoms with van der Waals surface area (Å²) in [6, 6.07) is 17.1. The Morgan fingerprint density at radius 3 is 2.28 bits per heavy atom. The van der Waals surface area contributed by atoms with Gasteiger partial charge in [0.25, 0.3) is 5.91 Å². The van der Waals surface area contributed by atoms with Crippen molar-refractivity contribution in [1.29, 1.82) is 0 Å². The zero-order valence-electron chi connectivity index (χ0n) is 17.4. The van der Waals surface area contributed by atoms with Crippen LogP contribution in [0.25, 0.3) is 0 Å². The molecule has 0 radical (unpaired) electrons. The number of rotatable bonds is 6. The first-order valence-electron chi connectivity index (χ1n) is 9.88. The van der Waals surface area contributed by atoms with Crippen LogP contribution in [0.2, 0.25) is 0 Å². The maximum absolute atomic E-state index is 13.0. The molecule has 0 aliphatic heterocycles. The molecule has 0 spiro atoms. The molecule has 0 atom stereocenters. The Kier molecular flexibility index (Phi) is 6.27. The number of hydrogen-bond acceptors (Lipinski definition) is 3. The van der Waals surface area contributed by atoms with Crippen molar-refractivity contribution < 1.29 is 9.59 Å². The maximum atomic E-state index is 13.0. The Hall–Kier alpha value is -3.21. The molecular weight excluding hydrogens is 362 g/mol. The predicted octanol–water partition coefficient (Wildman–Crippen LogP) is 4.76. The summed E-state index contributed by atoms with van der Waals surface area (Å²) in [5.74, 6) is 0.0973. The summed E-state index contributed by atoms with van der Waals surface area (Å²) in [5, 5.41) is 7.34. The van der Waals surface area contributed by atoms with Crippen LogP contribution in [-0.4, -0.2) is 21.6 Å². The van der Waals surface area contributed by atoms with Gasteiger partial charge in [-0.15, -0.1) is 0 Å². The summed E-state index contributed by atoms with van der Waals surface area (Å²) < 4.78 is 1.47. The van der Waals surface area contributed by atoms with Crippen molar-refractivity contribution in [2.45, 2.75) is 40.5 Å². The van der Waals surface area contributed by atoms with Gasteiger partial charge in [-0.25, -0.2) is 4.68 Å². The van der Waals surface area contributed by atoms with Crippen molar-refractivity contribution in [2.75, 3.05) is 5.32 Å². The van der Waals surface area contributed by atoms with Crippen LogP contribution in [0.4, 0.5) is 5.69 Å². The lowest BCUT2D eigenvalue weighted by atomic mass is 10.0. The maximum Gasteiger partial charge on any atom is 0.278 e. The minimum absolute atomic E-state index is 0.0248. The SMILES string of the molecule is Cc1nn(C(=O)c2ccc(NC(=O)CC(C)C)cc2)c(C)c1Cc1ccccc1. The molecule has 1 N–H and O–H groups in total. The highest BCUT2D eigenvalue weighted by Gasteiger charge is 2.18. The second-order valence-corrected chi connectivity index (χ2v) is 7.75. The topological polar surface area (TPSA) is 64.0 Å². The number of nitrogens with zero attached hydrogens (tertiary/aromatic N) is 2. The lowest BCUT2D eigenvalue weighted by Crippen LogP contribution is -2.16. The van der Waals surface area contributed by atoms with Gasteiger partial charge < -0.3 is 5.32 Å². The van der Waals surface area contributed by atoms with Crippen molar-refractivity contribution in [2.24, 2.45) is 5.92 Å². The Bertz CT molecular complexity index is 1000. The molecule has 1 heterocycles. The van der Waals surface area contributed by atoms with Gasteiger partial charge in [-0.3, -0.25) is 9.59 Å². The quantitative estimate of drug-likeness (QED) is 0.661. The molecule has 2 aromatic carbocycles. The lowest BCUT2D eigenvalue weighted by molar-refractivity contribution is -0.116. The fraction of sp³-hybridized carbons (Fsp3) is 0.292. The number of anilines is 1. The van der Waals surface area contributed by atoms with Crippen LogP contribution in [0, 0.1) is 19.8 Å². The van der Waals surface area contributed by atoms with Crippen LogP contribution in [0.3, 0.4) is 0 Å². The zero-order chi connectivity index (χ0) is 21.0. The van der Waals surface area contributed by atoms with Gasteiger partial charge in [-0.2, -0.15) is 5.10 Å². The van der Waals surface area contributed by atoms with Gasteiger partial charge in [0.2, 0.25) is 5.91 Å². The molecule has 0 fully saturated rings. The summed E-state index contributed by atoms with van der Waals surface area (Å²) in [4.78, 5) is 24.9. The second-order valence-electron chi connectivity index (χ2n) is 7.75. The summed E-state index contributed by atoms with van der Waals surface area (Å²) in [7, 11) is 0. The number of nitrogens with one attached hydrogen (secondary N) is 1. The first-order chi connectivity index (χ1) is 13.8. The summed E-state index contributed by atoms with van der Waals surface area (Å²) >= 11 is 0. The van der Waals surface area contributed by atoms with E-state index in [1.165, 1.54) is 10.2 Å². The average Bonchev–Trinajstić information content (AvgIpc) is 2.96. The largest absolute Gasteiger partial charge is 0.326 e. The Balaban J connectivity index is 1.77. The molecule has 1 aromatic heterocycles. The molecule has 0 aliphatic rings. The molecule has 0 unspecified atom stereocenters. The predicted molar refractivity (Wildman–Crippen MR) is 115 cm³/mol. The van der Waals surface area contributed by atoms with Crippen LogP contribution in [0.15, 0.2) is 54.6 Å². The van der Waals surface area contributed by atoms with Gasteiger partial charge in [0, 0.05) is 35.3 Å². The molecule has 150 valence electrons. The highest BCUT2D eigenvalue weighted by molar-refractivity contribution is 5.97. The minimum Gasteiger partial charge on any atom is -0.326 e. The second kappa shape index (κ2) is 8.86. The van der Waals surface area contributed by atoms with Crippen molar-refractivity contribution in [3.05, 3.63) is 82.7 Å². The van der Waals surface area contributed by atoms with E-state index in [0.717, 1.165) is 23.4 Å². The van der Waals surface area contributed by atoms with E-state index < -0.39 is 0 Å². The molecule has 5 nitrogen and oxygen atoms in total. The lowest BCUT2D eigenvalue weighted by Gasteiger charge is -2.08. The fourth-order valence-electron chi connectivity index (χ4n) is 3.33. The summed E-state index contributed by atoms with van der Waals surface area (Å²) in [6.07, 6.45) is 1.21. The molecule has 0 bridgehead atoms. The minimum atomic E-state index is -0.176. The monoisotopic (exact) mass is 389 g/mol. The van der Waals surface area contributed by atoms with Gasteiger partial charge in [-0.1, -0.05) is 44.2 Å². The van der Waals surface area contributed by atoms with Gasteiger partial charge in [-0.05, 0) is 49.6 Å². The van der Waals surface area contributed by atoms with E-state index in [-0.39, 0.29) is 11.8 Å². The van der Waals surface area contributed by atoms with E-state index in [1.807, 2.05) is 45.9 Å². The molecule has 1 amide bonds. The third-order valence-electron chi connectivity index (χ3n) is 4.87. The highest BCUT2D eigenvalue weighted by Crippen LogP contribution is 2.20. The van der Waals surface area contributed by atoms with E-state index >= 15 is 0 Å². The molecule has 3 rings (SSSR count). The Labute approximate surface area is 171 Å². The molecule has 5 heteroatoms. The number of carbonyl (C=O) groups is 2. The third-order valence-corrected chi connectivity index (χ3v) is 4.87. The number of carbonyl (C=O) groups excluding carboxylic acids is 2. The number of aromatic nitrogens is 2. The van der Waals surface area contributed by atoms with Crippen LogP contribution >= 0.6 is 0 Å². The van der Waals surface area contributed by atoms with Crippen molar-refractivity contribution in [3.63, 3.8) is 0 Å². The number of amides is 1. The van der Waals surface area contributed by atoms with Crippen LogP contribution < -0.4 is 5.32 Å². The van der Waals surface area contributed by atoms with E-state index in [0.29, 0.717) is 23.6 Å². The highest BCUT2D eigenvalue weighted by atomic mass is 16.2. The molecular formula is C24H27N3O2. The standard InChI is InChI=1S/C24H27N3O2/c1-16(2)14-23(28)25-21-12-10-20(11-13-21)24(29)27-18(4)22(17(3)26-27)15-19-8-6-5-7-9-19/h5-13,16H,14-15H2,1-4H3,(H,25,28). The molecule has 0 saturated heterocycles. The summed E-state index contributed by atoms with van der Waals surface area (Å²) in [6.45, 7) is 7.86. The van der Waals surface area contributed by atoms with Crippen LogP contribution in [-0.2, 0) is 11.2 Å². The first kappa shape index (κ1) is 20.5. The van der Waals surface area contributed by atoms with E-state index in [4.69, 9.17) is 0 Å². The van der Waals surface area contributed by atoms with Crippen molar-refractivity contribution >= 4 is 17.5 Å². The van der Waals surface area contributed by atoms with E-state index in [2.05, 4.69) is 22.5 Å². The Morgan fingerprint density at radius 1 is 1.00 bits per heavy atom. The molecule has 0 saturated carbocycles. The van der Waals surface area contributed by atoms with Crippen molar-refractivity contribution in [3.8, 4) is 0 Å². The van der Waals surface area contributed by atoms with Gasteiger partial charge in [0.05, 0.1) is 5.69 Å². The van der Waals surface area contributed by atoms with E-state index in [9.17, 15) is 9.59 Å². The fourth-order valence-corrected chi connectivity index (χ4v) is 3.33. The molecule has 3 aromatic rings. The first-order valence-corrected chi connectivity index (χ1v) is 9.88. The van der Waals surface area contributed by atoms with Gasteiger partial charge in [0.1, 0.15) is 0 Å². The smallest absolute Gasteiger partial charge is 0.278 e. The average molecular weight is 389 g/mol. The third kappa shape index (κ3) is 4.99. The summed E-state index contributed by atoms with van der Waals surface area (Å²) in [5.41, 5.74) is 5.19. The zero-order valence-corrected chi connectivity index (χ0v) is 17.4. The normalized spacial score (nSPS) is 10.9. The molecule has 0 aliphatic carbocycles. The van der Waals surface area contributed by atoms with E-state index in [1.54, 1.807) is 24.3 Å². The van der Waals surface area contributed by atoms with Crippen LogP contribution in [0.5, 0.6) is 0 Å². The number of benzene rings is 2. The van der Waals surface area contributed by atoms with Gasteiger partial charge >= 0.3 is 0 Å². The Morgan fingerprint density at radius 2 is 1.66 bits per heavy atom. The number of aryl methyl sites for hydroxylation is 1. The van der Waals surface area contributed by atoms with Gasteiger partial charge in [0.15, 0.2) is 0 Å². The van der Waals surface area contributed by atoms with Crippen molar-refractivity contribution in [1.82, 2.24) is 9.78 Å². The molecule has 29 heavy (non-hydrogen) atoms. The number of hydrogen-bond donors (Lipinski definition) is 1. The van der Waals surface area contributed by atoms with Crippen LogP contribution in [0.1, 0.15) is 53.1 Å².